The van der Waals surface area contributed by atoms with Crippen LogP contribution in [0.5, 0.6) is 0 Å². The van der Waals surface area contributed by atoms with Crippen LogP contribution >= 0.6 is 0 Å². The highest BCUT2D eigenvalue weighted by atomic mass is 16.4. The van der Waals surface area contributed by atoms with E-state index in [0.717, 1.165) is 22.0 Å². The van der Waals surface area contributed by atoms with Crippen molar-refractivity contribution in [3.05, 3.63) is 106 Å². The summed E-state index contributed by atoms with van der Waals surface area (Å²) in [5.74, 6) is -1.22. The average molecular weight is 511 g/mol. The molecule has 2 N–H and O–H groups in total. The zero-order chi connectivity index (χ0) is 27.1. The van der Waals surface area contributed by atoms with Gasteiger partial charge in [0.25, 0.3) is 5.91 Å². The van der Waals surface area contributed by atoms with Crippen LogP contribution in [0, 0.1) is 6.92 Å². The molecule has 5 aromatic rings. The highest BCUT2D eigenvalue weighted by Gasteiger charge is 2.28. The molecule has 0 bridgehead atoms. The van der Waals surface area contributed by atoms with Crippen LogP contribution in [0.1, 0.15) is 52.5 Å². The first-order valence-corrected chi connectivity index (χ1v) is 12.5. The number of carboxylic acids is 1. The second-order valence-electron chi connectivity index (χ2n) is 9.87. The Balaban J connectivity index is 1.81. The van der Waals surface area contributed by atoms with Gasteiger partial charge in [-0.2, -0.15) is 0 Å². The molecule has 194 valence electrons. The summed E-state index contributed by atoms with van der Waals surface area (Å²) < 4.78 is 3.23. The number of hydrogen-bond acceptors (Lipinski definition) is 3. The predicted octanol–water partition coefficient (Wildman–Crippen LogP) is 4.97. The maximum absolute atomic E-state index is 14.3. The number of fused-ring (bicyclic) bond motifs is 2. The number of benzene rings is 3. The van der Waals surface area contributed by atoms with Gasteiger partial charge in [-0.15, -0.1) is 0 Å². The van der Waals surface area contributed by atoms with E-state index in [9.17, 15) is 19.5 Å². The van der Waals surface area contributed by atoms with Gasteiger partial charge >= 0.3 is 11.7 Å². The van der Waals surface area contributed by atoms with Crippen LogP contribution in [0.3, 0.4) is 0 Å². The van der Waals surface area contributed by atoms with Crippen molar-refractivity contribution in [2.45, 2.75) is 32.4 Å². The third-order valence-electron chi connectivity index (χ3n) is 7.21. The lowest BCUT2D eigenvalue weighted by molar-refractivity contribution is -0.137. The molecule has 5 rings (SSSR count). The fourth-order valence-electron chi connectivity index (χ4n) is 5.38. The van der Waals surface area contributed by atoms with Crippen LogP contribution in [0.2, 0.25) is 0 Å². The normalized spacial score (nSPS) is 13.1. The van der Waals surface area contributed by atoms with Gasteiger partial charge in [-0.25, -0.2) is 4.79 Å². The van der Waals surface area contributed by atoms with Crippen molar-refractivity contribution >= 4 is 33.8 Å². The number of nitrogens with one attached hydrogen (secondary N) is 1. The minimum absolute atomic E-state index is 0.201. The number of nitrogens with zero attached hydrogens (tertiary/aromatic N) is 3. The number of aromatic amines is 1. The molecule has 0 aliphatic carbocycles. The summed E-state index contributed by atoms with van der Waals surface area (Å²) in [5.41, 5.74) is 4.97. The molecule has 0 saturated heterocycles. The molecule has 8 nitrogen and oxygen atoms in total. The minimum Gasteiger partial charge on any atom is -0.481 e. The molecule has 0 radical (unpaired) electrons. The van der Waals surface area contributed by atoms with Crippen molar-refractivity contribution in [2.24, 2.45) is 0 Å². The zero-order valence-electron chi connectivity index (χ0n) is 21.8. The molecule has 8 heteroatoms. The van der Waals surface area contributed by atoms with E-state index in [1.54, 1.807) is 36.9 Å². The van der Waals surface area contributed by atoms with Crippen LogP contribution in [0.25, 0.3) is 21.9 Å². The van der Waals surface area contributed by atoms with Gasteiger partial charge in [0.15, 0.2) is 0 Å². The largest absolute Gasteiger partial charge is 0.481 e. The molecule has 2 heterocycles. The number of carbonyl (C=O) groups is 2. The molecular weight excluding hydrogens is 480 g/mol. The number of hydrogen-bond donors (Lipinski definition) is 2. The summed E-state index contributed by atoms with van der Waals surface area (Å²) in [4.78, 5) is 43.9. The summed E-state index contributed by atoms with van der Waals surface area (Å²) in [6.45, 7) is 4.00. The van der Waals surface area contributed by atoms with E-state index in [2.05, 4.69) is 4.98 Å². The first-order valence-electron chi connectivity index (χ1n) is 12.5. The molecule has 1 unspecified atom stereocenters. The van der Waals surface area contributed by atoms with Crippen LogP contribution in [0.4, 0.5) is 0 Å². The molecule has 38 heavy (non-hydrogen) atoms. The average Bonchev–Trinajstić information content (AvgIpc) is 3.46. The fraction of sp³-hybridized carbons (Fsp3) is 0.233. The summed E-state index contributed by atoms with van der Waals surface area (Å²) in [7, 11) is 3.34. The van der Waals surface area contributed by atoms with Gasteiger partial charge in [0.1, 0.15) is 0 Å². The van der Waals surface area contributed by atoms with Crippen molar-refractivity contribution in [3.63, 3.8) is 0 Å². The maximum Gasteiger partial charge on any atom is 0.330 e. The van der Waals surface area contributed by atoms with Crippen molar-refractivity contribution in [1.29, 1.82) is 0 Å². The number of carboxylic acid groups (broad SMARTS) is 1. The zero-order valence-corrected chi connectivity index (χ0v) is 21.8. The van der Waals surface area contributed by atoms with E-state index in [1.165, 1.54) is 9.47 Å². The highest BCUT2D eigenvalue weighted by Crippen LogP contribution is 2.33. The Hall–Kier alpha value is -4.59. The van der Waals surface area contributed by atoms with Crippen molar-refractivity contribution in [1.82, 2.24) is 19.0 Å². The summed E-state index contributed by atoms with van der Waals surface area (Å²) in [5, 5.41) is 10.9. The lowest BCUT2D eigenvalue weighted by atomic mass is 10.0. The third-order valence-corrected chi connectivity index (χ3v) is 7.21. The number of H-pyrrole nitrogens is 1. The Labute approximate surface area is 219 Å². The smallest absolute Gasteiger partial charge is 0.330 e. The van der Waals surface area contributed by atoms with Crippen LogP contribution in [-0.2, 0) is 4.79 Å². The quantitative estimate of drug-likeness (QED) is 0.323. The molecule has 0 aliphatic heterocycles. The van der Waals surface area contributed by atoms with Gasteiger partial charge in [0, 0.05) is 42.3 Å². The predicted molar refractivity (Wildman–Crippen MR) is 148 cm³/mol. The topological polar surface area (TPSA) is 100 Å². The van der Waals surface area contributed by atoms with Gasteiger partial charge in [-0.05, 0) is 49.2 Å². The van der Waals surface area contributed by atoms with Crippen molar-refractivity contribution in [2.75, 3.05) is 14.1 Å². The van der Waals surface area contributed by atoms with Crippen LogP contribution < -0.4 is 5.69 Å². The minimum atomic E-state index is -1.02. The van der Waals surface area contributed by atoms with Gasteiger partial charge in [-0.3, -0.25) is 18.7 Å². The number of amides is 1. The van der Waals surface area contributed by atoms with E-state index in [0.29, 0.717) is 22.2 Å². The summed E-state index contributed by atoms with van der Waals surface area (Å²) >= 11 is 0. The molecule has 1 amide bonds. The maximum atomic E-state index is 14.3. The molecule has 2 aromatic heterocycles. The second-order valence-corrected chi connectivity index (χ2v) is 9.87. The Morgan fingerprint density at radius 1 is 0.974 bits per heavy atom. The van der Waals surface area contributed by atoms with Gasteiger partial charge in [0.2, 0.25) is 0 Å². The Kier molecular flexibility index (Phi) is 6.40. The highest BCUT2D eigenvalue weighted by molar-refractivity contribution is 5.97. The SMILES string of the molecule is Cc1cccc2[nH]cc(C(C)n3c(=O)n([C@H](CC(=O)O)c4ccccc4)c4cc(C(=O)N(C)C)ccc43)c12. The van der Waals surface area contributed by atoms with Gasteiger partial charge in [-0.1, -0.05) is 42.5 Å². The number of aliphatic carboxylic acids is 1. The van der Waals surface area contributed by atoms with E-state index < -0.39 is 12.0 Å². The molecule has 3 aromatic carbocycles. The monoisotopic (exact) mass is 510 g/mol. The Morgan fingerprint density at radius 2 is 1.71 bits per heavy atom. The van der Waals surface area contributed by atoms with Gasteiger partial charge < -0.3 is 15.0 Å². The number of aryl methyl sites for hydroxylation is 1. The lowest BCUT2D eigenvalue weighted by Crippen LogP contribution is -2.31. The number of rotatable bonds is 7. The number of imidazole rings is 1. The van der Waals surface area contributed by atoms with E-state index in [4.69, 9.17) is 0 Å². The lowest BCUT2D eigenvalue weighted by Gasteiger charge is -2.18. The summed E-state index contributed by atoms with van der Waals surface area (Å²) in [6.07, 6.45) is 1.64. The second kappa shape index (κ2) is 9.70. The molecular formula is C30H30N4O4. The van der Waals surface area contributed by atoms with E-state index in [-0.39, 0.29) is 24.1 Å². The van der Waals surface area contributed by atoms with Crippen molar-refractivity contribution in [3.8, 4) is 0 Å². The van der Waals surface area contributed by atoms with Gasteiger partial charge in [0.05, 0.1) is 29.5 Å². The molecule has 0 saturated carbocycles. The summed E-state index contributed by atoms with van der Waals surface area (Å²) in [6, 6.07) is 19.2. The molecule has 0 aliphatic rings. The Bertz CT molecular complexity index is 1730. The van der Waals surface area contributed by atoms with Crippen LogP contribution in [-0.4, -0.2) is 50.1 Å². The standard InChI is InChI=1S/C30H30N4O4/c1-18-9-8-12-23-28(18)22(17-31-23)19(2)33-24-14-13-21(29(37)32(3)4)15-26(24)34(30(33)38)25(16-27(35)36)20-10-6-5-7-11-20/h5-15,17,19,25,31H,16H2,1-4H3,(H,35,36)/t19?,25-/m1/s1. The van der Waals surface area contributed by atoms with E-state index >= 15 is 0 Å². The number of carbonyl (C=O) groups excluding carboxylic acids is 1. The molecule has 0 spiro atoms. The third kappa shape index (κ3) is 4.18. The van der Waals surface area contributed by atoms with Crippen molar-refractivity contribution < 1.29 is 14.7 Å². The molecule has 2 atom stereocenters. The fourth-order valence-corrected chi connectivity index (χ4v) is 5.38. The first kappa shape index (κ1) is 25.1. The number of aromatic nitrogens is 3. The molecule has 0 fully saturated rings. The van der Waals surface area contributed by atoms with Crippen LogP contribution in [0.15, 0.2) is 77.7 Å². The first-order chi connectivity index (χ1) is 18.2. The van der Waals surface area contributed by atoms with E-state index in [1.807, 2.05) is 68.6 Å². The Morgan fingerprint density at radius 3 is 2.39 bits per heavy atom.